The van der Waals surface area contributed by atoms with E-state index in [0.717, 1.165) is 4.47 Å². The van der Waals surface area contributed by atoms with Crippen LogP contribution < -0.4 is 0 Å². The van der Waals surface area contributed by atoms with Gasteiger partial charge in [0.1, 0.15) is 11.2 Å². The van der Waals surface area contributed by atoms with E-state index in [-0.39, 0.29) is 11.2 Å². The molecule has 0 aromatic heterocycles. The number of hydrogen-bond acceptors (Lipinski definition) is 1. The van der Waals surface area contributed by atoms with Crippen molar-refractivity contribution < 1.29 is 4.74 Å². The van der Waals surface area contributed by atoms with Crippen LogP contribution in [0.15, 0.2) is 34.8 Å². The van der Waals surface area contributed by atoms with E-state index in [0.29, 0.717) is 0 Å². The SMILES string of the molecule is CC12C=CC(C)(O1)c1cc(Br)ccc12. The second kappa shape index (κ2) is 2.31. The standard InChI is InChI=1S/C12H11BrO/c1-11-5-6-12(2,14-11)10-7-8(13)3-4-9(10)11/h3-7H,1-2H3. The highest BCUT2D eigenvalue weighted by Crippen LogP contribution is 2.53. The van der Waals surface area contributed by atoms with Crippen molar-refractivity contribution in [1.29, 1.82) is 0 Å². The molecule has 72 valence electrons. The maximum absolute atomic E-state index is 6.04. The highest BCUT2D eigenvalue weighted by Gasteiger charge is 2.50. The molecule has 2 heteroatoms. The molecule has 3 rings (SSSR count). The van der Waals surface area contributed by atoms with Crippen molar-refractivity contribution in [2.45, 2.75) is 25.0 Å². The van der Waals surface area contributed by atoms with E-state index >= 15 is 0 Å². The molecule has 2 unspecified atom stereocenters. The summed E-state index contributed by atoms with van der Waals surface area (Å²) in [6.45, 7) is 4.24. The van der Waals surface area contributed by atoms with Gasteiger partial charge >= 0.3 is 0 Å². The minimum atomic E-state index is -0.214. The highest BCUT2D eigenvalue weighted by atomic mass is 79.9. The molecule has 0 radical (unpaired) electrons. The Hall–Kier alpha value is -0.600. The molecule has 0 saturated heterocycles. The Kier molecular flexibility index (Phi) is 1.43. The molecule has 1 aromatic carbocycles. The van der Waals surface area contributed by atoms with Crippen LogP contribution in [0, 0.1) is 0 Å². The van der Waals surface area contributed by atoms with Crippen LogP contribution in [0.3, 0.4) is 0 Å². The summed E-state index contributed by atoms with van der Waals surface area (Å²) < 4.78 is 7.16. The normalized spacial score (nSPS) is 37.6. The maximum atomic E-state index is 6.04. The number of benzene rings is 1. The van der Waals surface area contributed by atoms with Crippen LogP contribution in [0.2, 0.25) is 0 Å². The van der Waals surface area contributed by atoms with Crippen LogP contribution in [0.1, 0.15) is 25.0 Å². The van der Waals surface area contributed by atoms with Gasteiger partial charge in [-0.25, -0.2) is 0 Å². The zero-order chi connectivity index (χ0) is 9.97. The van der Waals surface area contributed by atoms with Gasteiger partial charge in [0.2, 0.25) is 0 Å². The first-order valence-electron chi connectivity index (χ1n) is 4.75. The molecule has 2 aliphatic rings. The molecular formula is C12H11BrO. The average Bonchev–Trinajstić information content (AvgIpc) is 2.53. The second-order valence-electron chi connectivity index (χ2n) is 4.34. The summed E-state index contributed by atoms with van der Waals surface area (Å²) in [5.74, 6) is 0. The molecule has 2 bridgehead atoms. The fraction of sp³-hybridized carbons (Fsp3) is 0.333. The third-order valence-corrected chi connectivity index (χ3v) is 3.69. The van der Waals surface area contributed by atoms with Gasteiger partial charge in [0, 0.05) is 4.47 Å². The Morgan fingerprint density at radius 3 is 2.43 bits per heavy atom. The Balaban J connectivity index is 2.33. The Bertz CT molecular complexity index is 452. The molecule has 1 aromatic rings. The molecular weight excluding hydrogens is 240 g/mol. The first-order chi connectivity index (χ1) is 6.54. The predicted molar refractivity (Wildman–Crippen MR) is 59.1 cm³/mol. The van der Waals surface area contributed by atoms with Gasteiger partial charge in [-0.3, -0.25) is 0 Å². The van der Waals surface area contributed by atoms with Crippen molar-refractivity contribution in [3.8, 4) is 0 Å². The Morgan fingerprint density at radius 1 is 1.07 bits per heavy atom. The van der Waals surface area contributed by atoms with E-state index in [9.17, 15) is 0 Å². The van der Waals surface area contributed by atoms with Crippen LogP contribution in [-0.2, 0) is 15.9 Å². The number of fused-ring (bicyclic) bond motifs is 5. The fourth-order valence-electron chi connectivity index (χ4n) is 2.48. The molecule has 0 saturated carbocycles. The first-order valence-corrected chi connectivity index (χ1v) is 5.54. The number of hydrogen-bond donors (Lipinski definition) is 0. The molecule has 0 aliphatic carbocycles. The monoisotopic (exact) mass is 250 g/mol. The quantitative estimate of drug-likeness (QED) is 0.641. The third-order valence-electron chi connectivity index (χ3n) is 3.19. The molecule has 1 nitrogen and oxygen atoms in total. The summed E-state index contributed by atoms with van der Waals surface area (Å²) in [5, 5.41) is 0. The van der Waals surface area contributed by atoms with Crippen molar-refractivity contribution in [3.05, 3.63) is 46.0 Å². The lowest BCUT2D eigenvalue weighted by atomic mass is 9.84. The summed E-state index contributed by atoms with van der Waals surface area (Å²) >= 11 is 3.50. The smallest absolute Gasteiger partial charge is 0.111 e. The lowest BCUT2D eigenvalue weighted by molar-refractivity contribution is -0.0495. The molecule has 2 atom stereocenters. The molecule has 14 heavy (non-hydrogen) atoms. The van der Waals surface area contributed by atoms with Gasteiger partial charge in [-0.15, -0.1) is 0 Å². The van der Waals surface area contributed by atoms with Gasteiger partial charge < -0.3 is 4.74 Å². The fourth-order valence-corrected chi connectivity index (χ4v) is 2.84. The Labute approximate surface area is 91.9 Å². The number of ether oxygens (including phenoxy) is 1. The second-order valence-corrected chi connectivity index (χ2v) is 5.26. The lowest BCUT2D eigenvalue weighted by Gasteiger charge is -2.18. The van der Waals surface area contributed by atoms with E-state index in [1.165, 1.54) is 11.1 Å². The molecule has 0 amide bonds. The number of halogens is 1. The molecule has 2 heterocycles. The van der Waals surface area contributed by atoms with Crippen molar-refractivity contribution in [3.63, 3.8) is 0 Å². The molecule has 0 spiro atoms. The summed E-state index contributed by atoms with van der Waals surface area (Å²) in [7, 11) is 0. The Morgan fingerprint density at radius 2 is 1.71 bits per heavy atom. The van der Waals surface area contributed by atoms with Crippen LogP contribution >= 0.6 is 15.9 Å². The van der Waals surface area contributed by atoms with Crippen LogP contribution in [0.5, 0.6) is 0 Å². The topological polar surface area (TPSA) is 9.23 Å². The van der Waals surface area contributed by atoms with Gasteiger partial charge in [0.05, 0.1) is 0 Å². The summed E-state index contributed by atoms with van der Waals surface area (Å²) in [4.78, 5) is 0. The first kappa shape index (κ1) is 8.69. The summed E-state index contributed by atoms with van der Waals surface area (Å²) in [6, 6.07) is 6.38. The predicted octanol–water partition coefficient (Wildman–Crippen LogP) is 3.48. The number of rotatable bonds is 0. The van der Waals surface area contributed by atoms with Crippen molar-refractivity contribution in [1.82, 2.24) is 0 Å². The lowest BCUT2D eigenvalue weighted by Crippen LogP contribution is -2.17. The summed E-state index contributed by atoms with van der Waals surface area (Å²) in [5.41, 5.74) is 2.17. The molecule has 0 fully saturated rings. The van der Waals surface area contributed by atoms with Gasteiger partial charge in [-0.2, -0.15) is 0 Å². The third kappa shape index (κ3) is 0.882. The molecule has 0 N–H and O–H groups in total. The zero-order valence-electron chi connectivity index (χ0n) is 8.17. The van der Waals surface area contributed by atoms with E-state index in [1.807, 2.05) is 0 Å². The highest BCUT2D eigenvalue weighted by molar-refractivity contribution is 9.10. The minimum Gasteiger partial charge on any atom is -0.351 e. The van der Waals surface area contributed by atoms with Gasteiger partial charge in [0.25, 0.3) is 0 Å². The van der Waals surface area contributed by atoms with Crippen LogP contribution in [0.4, 0.5) is 0 Å². The van der Waals surface area contributed by atoms with Crippen molar-refractivity contribution >= 4 is 15.9 Å². The van der Waals surface area contributed by atoms with Crippen molar-refractivity contribution in [2.75, 3.05) is 0 Å². The van der Waals surface area contributed by atoms with E-state index in [1.54, 1.807) is 0 Å². The largest absolute Gasteiger partial charge is 0.351 e. The van der Waals surface area contributed by atoms with Gasteiger partial charge in [0.15, 0.2) is 0 Å². The zero-order valence-corrected chi connectivity index (χ0v) is 9.76. The van der Waals surface area contributed by atoms with Gasteiger partial charge in [-0.1, -0.05) is 22.0 Å². The van der Waals surface area contributed by atoms with Crippen molar-refractivity contribution in [2.24, 2.45) is 0 Å². The van der Waals surface area contributed by atoms with E-state index in [2.05, 4.69) is 60.1 Å². The minimum absolute atomic E-state index is 0.204. The summed E-state index contributed by atoms with van der Waals surface area (Å²) in [6.07, 6.45) is 4.31. The average molecular weight is 251 g/mol. The van der Waals surface area contributed by atoms with E-state index < -0.39 is 0 Å². The van der Waals surface area contributed by atoms with E-state index in [4.69, 9.17) is 4.74 Å². The van der Waals surface area contributed by atoms with Gasteiger partial charge in [-0.05, 0) is 49.3 Å². The maximum Gasteiger partial charge on any atom is 0.111 e. The van der Waals surface area contributed by atoms with Crippen LogP contribution in [0.25, 0.3) is 0 Å². The van der Waals surface area contributed by atoms with Crippen LogP contribution in [-0.4, -0.2) is 0 Å². The molecule has 2 aliphatic heterocycles.